The van der Waals surface area contributed by atoms with Crippen LogP contribution in [0, 0.1) is 0 Å². The highest BCUT2D eigenvalue weighted by Gasteiger charge is 2.18. The first-order valence-electron chi connectivity index (χ1n) is 8.65. The van der Waals surface area contributed by atoms with E-state index in [1.54, 1.807) is 42.6 Å². The summed E-state index contributed by atoms with van der Waals surface area (Å²) in [6.07, 6.45) is 0. The minimum Gasteiger partial charge on any atom is -0.355 e. The third-order valence-electron chi connectivity index (χ3n) is 4.36. The molecule has 1 heterocycles. The van der Waals surface area contributed by atoms with Crippen LogP contribution in [-0.2, 0) is 4.79 Å². The molecule has 27 heavy (non-hydrogen) atoms. The van der Waals surface area contributed by atoms with Crippen molar-refractivity contribution in [3.63, 3.8) is 0 Å². The van der Waals surface area contributed by atoms with Gasteiger partial charge < -0.3 is 10.6 Å². The fraction of sp³-hybridized carbons (Fsp3) is 0.250. The molecule has 2 N–H and O–H groups in total. The second kappa shape index (κ2) is 8.28. The molecule has 1 atom stereocenters. The Morgan fingerprint density at radius 2 is 1.96 bits per heavy atom. The molecule has 0 spiro atoms. The van der Waals surface area contributed by atoms with Gasteiger partial charge in [-0.05, 0) is 44.3 Å². The number of thiazole rings is 1. The Morgan fingerprint density at radius 1 is 1.19 bits per heavy atom. The molecule has 2 amide bonds. The summed E-state index contributed by atoms with van der Waals surface area (Å²) in [7, 11) is 3.48. The number of carbonyl (C=O) groups excluding carboxylic acids is 2. The number of aromatic nitrogens is 1. The van der Waals surface area contributed by atoms with Crippen molar-refractivity contribution in [2.75, 3.05) is 26.0 Å². The number of rotatable bonds is 6. The van der Waals surface area contributed by atoms with Crippen LogP contribution in [0.15, 0.2) is 48.5 Å². The summed E-state index contributed by atoms with van der Waals surface area (Å²) in [4.78, 5) is 30.7. The third-order valence-corrected chi connectivity index (χ3v) is 5.56. The minimum absolute atomic E-state index is 0.0188. The molecular formula is C20H22N4O2S. The Morgan fingerprint density at radius 3 is 2.70 bits per heavy atom. The maximum atomic E-state index is 12.4. The van der Waals surface area contributed by atoms with E-state index in [1.807, 2.05) is 37.1 Å². The summed E-state index contributed by atoms with van der Waals surface area (Å²) >= 11 is 1.64. The molecule has 0 aliphatic carbocycles. The summed E-state index contributed by atoms with van der Waals surface area (Å²) in [6, 6.07) is 14.9. The van der Waals surface area contributed by atoms with Gasteiger partial charge in [-0.25, -0.2) is 4.98 Å². The molecule has 0 aliphatic heterocycles. The molecule has 0 aliphatic rings. The highest BCUT2D eigenvalue weighted by atomic mass is 32.1. The van der Waals surface area contributed by atoms with E-state index in [0.717, 1.165) is 15.2 Å². The van der Waals surface area contributed by atoms with Crippen LogP contribution in [0.1, 0.15) is 28.3 Å². The average molecular weight is 382 g/mol. The van der Waals surface area contributed by atoms with E-state index >= 15 is 0 Å². The van der Waals surface area contributed by atoms with Gasteiger partial charge in [0.05, 0.1) is 22.8 Å². The van der Waals surface area contributed by atoms with Crippen LogP contribution in [0.3, 0.4) is 0 Å². The van der Waals surface area contributed by atoms with Gasteiger partial charge in [0.15, 0.2) is 0 Å². The molecule has 2 aromatic carbocycles. The van der Waals surface area contributed by atoms with Crippen molar-refractivity contribution < 1.29 is 9.59 Å². The van der Waals surface area contributed by atoms with E-state index in [2.05, 4.69) is 21.7 Å². The first-order chi connectivity index (χ1) is 13.0. The Balaban J connectivity index is 1.64. The van der Waals surface area contributed by atoms with E-state index in [0.29, 0.717) is 11.3 Å². The number of nitrogens with zero attached hydrogens (tertiary/aromatic N) is 2. The molecule has 1 aromatic heterocycles. The quantitative estimate of drug-likeness (QED) is 0.686. The second-order valence-electron chi connectivity index (χ2n) is 6.32. The molecule has 140 valence electrons. The summed E-state index contributed by atoms with van der Waals surface area (Å²) in [5.41, 5.74) is 2.09. The van der Waals surface area contributed by atoms with Crippen molar-refractivity contribution in [2.45, 2.75) is 13.0 Å². The van der Waals surface area contributed by atoms with Crippen LogP contribution < -0.4 is 10.6 Å². The maximum absolute atomic E-state index is 12.4. The number of para-hydroxylation sites is 1. The van der Waals surface area contributed by atoms with Crippen LogP contribution in [0.25, 0.3) is 10.2 Å². The van der Waals surface area contributed by atoms with Gasteiger partial charge in [-0.1, -0.05) is 18.2 Å². The number of fused-ring (bicyclic) bond motifs is 1. The van der Waals surface area contributed by atoms with Crippen LogP contribution in [0.2, 0.25) is 0 Å². The van der Waals surface area contributed by atoms with Crippen molar-refractivity contribution in [1.82, 2.24) is 15.2 Å². The number of amides is 2. The Hall–Kier alpha value is -2.77. The largest absolute Gasteiger partial charge is 0.355 e. The number of carbonyl (C=O) groups is 2. The number of nitrogens with one attached hydrogen (secondary N) is 2. The predicted molar refractivity (Wildman–Crippen MR) is 109 cm³/mol. The summed E-state index contributed by atoms with van der Waals surface area (Å²) in [5.74, 6) is -0.327. The molecule has 0 saturated heterocycles. The fourth-order valence-corrected chi connectivity index (χ4v) is 3.79. The van der Waals surface area contributed by atoms with Gasteiger partial charge in [0.1, 0.15) is 5.01 Å². The lowest BCUT2D eigenvalue weighted by atomic mass is 10.2. The van der Waals surface area contributed by atoms with E-state index < -0.39 is 0 Å². The standard InChI is InChI=1S/C20H22N4O2S/c1-13(20-23-16-9-4-5-10-17(16)27-20)24(3)12-18(25)22-15-8-6-7-14(11-15)19(26)21-2/h4-11,13H,12H2,1-3H3,(H,21,26)(H,22,25)/t13-/m0/s1. The topological polar surface area (TPSA) is 74.3 Å². The summed E-state index contributed by atoms with van der Waals surface area (Å²) in [6.45, 7) is 2.26. The molecule has 0 saturated carbocycles. The highest BCUT2D eigenvalue weighted by Crippen LogP contribution is 2.28. The molecule has 3 aromatic rings. The zero-order valence-corrected chi connectivity index (χ0v) is 16.3. The van der Waals surface area contributed by atoms with Crippen molar-refractivity contribution in [1.29, 1.82) is 0 Å². The molecule has 0 bridgehead atoms. The number of anilines is 1. The molecule has 0 radical (unpaired) electrons. The van der Waals surface area contributed by atoms with Gasteiger partial charge in [-0.2, -0.15) is 0 Å². The second-order valence-corrected chi connectivity index (χ2v) is 7.38. The monoisotopic (exact) mass is 382 g/mol. The van der Waals surface area contributed by atoms with Gasteiger partial charge in [0, 0.05) is 18.3 Å². The van der Waals surface area contributed by atoms with Gasteiger partial charge in [0.2, 0.25) is 5.91 Å². The van der Waals surface area contributed by atoms with Crippen LogP contribution in [0.5, 0.6) is 0 Å². The number of hydrogen-bond acceptors (Lipinski definition) is 5. The summed E-state index contributed by atoms with van der Waals surface area (Å²) < 4.78 is 1.14. The van der Waals surface area contributed by atoms with Gasteiger partial charge in [-0.3, -0.25) is 14.5 Å². The SMILES string of the molecule is CNC(=O)c1cccc(NC(=O)CN(C)[C@@H](C)c2nc3ccccc3s2)c1. The zero-order chi connectivity index (χ0) is 19.4. The summed E-state index contributed by atoms with van der Waals surface area (Å²) in [5, 5.41) is 6.40. The number of benzene rings is 2. The van der Waals surface area contributed by atoms with Crippen molar-refractivity contribution in [3.8, 4) is 0 Å². The lowest BCUT2D eigenvalue weighted by Crippen LogP contribution is -2.32. The zero-order valence-electron chi connectivity index (χ0n) is 15.5. The molecule has 0 fully saturated rings. The van der Waals surface area contributed by atoms with Crippen LogP contribution in [-0.4, -0.2) is 42.3 Å². The smallest absolute Gasteiger partial charge is 0.251 e. The predicted octanol–water partition coefficient (Wildman–Crippen LogP) is 3.29. The minimum atomic E-state index is -0.187. The molecular weight excluding hydrogens is 360 g/mol. The maximum Gasteiger partial charge on any atom is 0.251 e. The van der Waals surface area contributed by atoms with Crippen LogP contribution >= 0.6 is 11.3 Å². The normalized spacial score (nSPS) is 12.1. The Kier molecular flexibility index (Phi) is 5.83. The fourth-order valence-electron chi connectivity index (χ4n) is 2.70. The van der Waals surface area contributed by atoms with Gasteiger partial charge in [0.25, 0.3) is 5.91 Å². The first kappa shape index (κ1) is 19.0. The van der Waals surface area contributed by atoms with Crippen molar-refractivity contribution >= 4 is 39.1 Å². The van der Waals surface area contributed by atoms with Crippen molar-refractivity contribution in [2.24, 2.45) is 0 Å². The highest BCUT2D eigenvalue weighted by molar-refractivity contribution is 7.18. The third kappa shape index (κ3) is 4.50. The Bertz CT molecular complexity index is 936. The van der Waals surface area contributed by atoms with E-state index in [9.17, 15) is 9.59 Å². The number of likely N-dealkylation sites (N-methyl/N-ethyl adjacent to an activating group) is 1. The molecule has 0 unspecified atom stereocenters. The van der Waals surface area contributed by atoms with Crippen LogP contribution in [0.4, 0.5) is 5.69 Å². The first-order valence-corrected chi connectivity index (χ1v) is 9.47. The molecule has 6 nitrogen and oxygen atoms in total. The average Bonchev–Trinajstić information content (AvgIpc) is 3.10. The lowest BCUT2D eigenvalue weighted by molar-refractivity contribution is -0.117. The lowest BCUT2D eigenvalue weighted by Gasteiger charge is -2.22. The van der Waals surface area contributed by atoms with Gasteiger partial charge in [-0.15, -0.1) is 11.3 Å². The van der Waals surface area contributed by atoms with Crippen molar-refractivity contribution in [3.05, 3.63) is 59.1 Å². The number of hydrogen-bond donors (Lipinski definition) is 2. The molecule has 7 heteroatoms. The van der Waals surface area contributed by atoms with E-state index in [4.69, 9.17) is 0 Å². The van der Waals surface area contributed by atoms with Gasteiger partial charge >= 0.3 is 0 Å². The Labute approximate surface area is 162 Å². The van der Waals surface area contributed by atoms with E-state index in [1.165, 1.54) is 0 Å². The molecule has 3 rings (SSSR count). The van der Waals surface area contributed by atoms with E-state index in [-0.39, 0.29) is 24.4 Å².